The normalized spacial score (nSPS) is 24.7. The van der Waals surface area contributed by atoms with Crippen LogP contribution >= 0.6 is 0 Å². The SMILES string of the molecule is Cc1ccc(C)c2c1NC(=O)[C@@]2(C)N. The summed E-state index contributed by atoms with van der Waals surface area (Å²) < 4.78 is 0. The molecular formula is C11H14N2O. The van der Waals surface area contributed by atoms with Gasteiger partial charge in [0, 0.05) is 11.3 Å². The van der Waals surface area contributed by atoms with E-state index in [0.29, 0.717) is 0 Å². The topological polar surface area (TPSA) is 55.1 Å². The van der Waals surface area contributed by atoms with E-state index in [1.54, 1.807) is 6.92 Å². The molecule has 3 nitrogen and oxygen atoms in total. The van der Waals surface area contributed by atoms with Crippen LogP contribution in [0.2, 0.25) is 0 Å². The molecule has 1 aromatic carbocycles. The van der Waals surface area contributed by atoms with Crippen LogP contribution in [0.3, 0.4) is 0 Å². The molecule has 0 saturated heterocycles. The molecule has 0 aliphatic carbocycles. The number of hydrogen-bond acceptors (Lipinski definition) is 2. The molecule has 0 bridgehead atoms. The molecule has 0 fully saturated rings. The summed E-state index contributed by atoms with van der Waals surface area (Å²) in [6.45, 7) is 5.70. The highest BCUT2D eigenvalue weighted by Crippen LogP contribution is 2.38. The number of nitrogens with one attached hydrogen (secondary N) is 1. The van der Waals surface area contributed by atoms with Crippen molar-refractivity contribution in [1.29, 1.82) is 0 Å². The third kappa shape index (κ3) is 0.990. The minimum Gasteiger partial charge on any atom is -0.324 e. The Balaban J connectivity index is 2.76. The van der Waals surface area contributed by atoms with Crippen molar-refractivity contribution in [2.75, 3.05) is 5.32 Å². The zero-order valence-electron chi connectivity index (χ0n) is 8.64. The maximum absolute atomic E-state index is 11.6. The second-order valence-corrected chi connectivity index (χ2v) is 4.11. The fourth-order valence-electron chi connectivity index (χ4n) is 2.00. The van der Waals surface area contributed by atoms with Gasteiger partial charge in [-0.3, -0.25) is 4.79 Å². The van der Waals surface area contributed by atoms with Gasteiger partial charge >= 0.3 is 0 Å². The summed E-state index contributed by atoms with van der Waals surface area (Å²) in [7, 11) is 0. The Morgan fingerprint density at radius 3 is 2.43 bits per heavy atom. The molecule has 0 aromatic heterocycles. The fraction of sp³-hybridized carbons (Fsp3) is 0.364. The number of anilines is 1. The molecule has 0 radical (unpaired) electrons. The van der Waals surface area contributed by atoms with Crippen LogP contribution in [-0.4, -0.2) is 5.91 Å². The quantitative estimate of drug-likeness (QED) is 0.650. The lowest BCUT2D eigenvalue weighted by atomic mass is 9.90. The third-order valence-electron chi connectivity index (χ3n) is 2.85. The maximum Gasteiger partial charge on any atom is 0.248 e. The number of hydrogen-bond donors (Lipinski definition) is 2. The lowest BCUT2D eigenvalue weighted by Gasteiger charge is -2.17. The van der Waals surface area contributed by atoms with E-state index in [-0.39, 0.29) is 5.91 Å². The largest absolute Gasteiger partial charge is 0.324 e. The Morgan fingerprint density at radius 1 is 1.29 bits per heavy atom. The molecule has 74 valence electrons. The van der Waals surface area contributed by atoms with Crippen LogP contribution in [-0.2, 0) is 10.3 Å². The van der Waals surface area contributed by atoms with E-state index in [2.05, 4.69) is 5.32 Å². The summed E-state index contributed by atoms with van der Waals surface area (Å²) in [6, 6.07) is 4.00. The second kappa shape index (κ2) is 2.58. The Hall–Kier alpha value is -1.35. The van der Waals surface area contributed by atoms with Gasteiger partial charge in [-0.05, 0) is 31.9 Å². The fourth-order valence-corrected chi connectivity index (χ4v) is 2.00. The van der Waals surface area contributed by atoms with Crippen molar-refractivity contribution in [3.05, 3.63) is 28.8 Å². The van der Waals surface area contributed by atoms with Gasteiger partial charge in [-0.2, -0.15) is 0 Å². The first kappa shape index (κ1) is 9.21. The van der Waals surface area contributed by atoms with Crippen LogP contribution in [0.15, 0.2) is 12.1 Å². The summed E-state index contributed by atoms with van der Waals surface area (Å²) >= 11 is 0. The smallest absolute Gasteiger partial charge is 0.248 e. The lowest BCUT2D eigenvalue weighted by molar-refractivity contribution is -0.120. The van der Waals surface area contributed by atoms with Crippen LogP contribution in [0, 0.1) is 13.8 Å². The highest BCUT2D eigenvalue weighted by molar-refractivity contribution is 6.06. The molecule has 0 spiro atoms. The maximum atomic E-state index is 11.6. The Bertz CT molecular complexity index is 422. The van der Waals surface area contributed by atoms with Gasteiger partial charge in [0.05, 0.1) is 0 Å². The number of amides is 1. The highest BCUT2D eigenvalue weighted by atomic mass is 16.2. The van der Waals surface area contributed by atoms with Gasteiger partial charge in [0.25, 0.3) is 0 Å². The molecule has 0 saturated carbocycles. The molecule has 1 amide bonds. The molecular weight excluding hydrogens is 176 g/mol. The second-order valence-electron chi connectivity index (χ2n) is 4.11. The molecule has 0 unspecified atom stereocenters. The van der Waals surface area contributed by atoms with E-state index >= 15 is 0 Å². The van der Waals surface area contributed by atoms with Gasteiger partial charge in [-0.25, -0.2) is 0 Å². The van der Waals surface area contributed by atoms with Crippen LogP contribution in [0.1, 0.15) is 23.6 Å². The highest BCUT2D eigenvalue weighted by Gasteiger charge is 2.40. The van der Waals surface area contributed by atoms with Gasteiger partial charge < -0.3 is 11.1 Å². The van der Waals surface area contributed by atoms with Gasteiger partial charge in [0.15, 0.2) is 0 Å². The zero-order chi connectivity index (χ0) is 10.5. The Labute approximate surface area is 83.3 Å². The number of fused-ring (bicyclic) bond motifs is 1. The number of benzene rings is 1. The molecule has 14 heavy (non-hydrogen) atoms. The summed E-state index contributed by atoms with van der Waals surface area (Å²) in [5.41, 5.74) is 9.06. The van der Waals surface area contributed by atoms with Crippen molar-refractivity contribution < 1.29 is 4.79 Å². The van der Waals surface area contributed by atoms with Gasteiger partial charge in [-0.1, -0.05) is 12.1 Å². The molecule has 3 heteroatoms. The Morgan fingerprint density at radius 2 is 1.86 bits per heavy atom. The Kier molecular flexibility index (Phi) is 1.70. The van der Waals surface area contributed by atoms with Crippen LogP contribution in [0.4, 0.5) is 5.69 Å². The van der Waals surface area contributed by atoms with Crippen molar-refractivity contribution >= 4 is 11.6 Å². The summed E-state index contributed by atoms with van der Waals surface area (Å²) in [5.74, 6) is -0.120. The minimum absolute atomic E-state index is 0.120. The monoisotopic (exact) mass is 190 g/mol. The van der Waals surface area contributed by atoms with Crippen LogP contribution in [0.25, 0.3) is 0 Å². The van der Waals surface area contributed by atoms with Crippen LogP contribution in [0.5, 0.6) is 0 Å². The van der Waals surface area contributed by atoms with Crippen molar-refractivity contribution in [3.63, 3.8) is 0 Å². The van der Waals surface area contributed by atoms with Crippen molar-refractivity contribution in [1.82, 2.24) is 0 Å². The number of carbonyl (C=O) groups excluding carboxylic acids is 1. The molecule has 1 aliphatic heterocycles. The molecule has 3 N–H and O–H groups in total. The predicted octanol–water partition coefficient (Wildman–Crippen LogP) is 1.43. The summed E-state index contributed by atoms with van der Waals surface area (Å²) in [4.78, 5) is 11.6. The van der Waals surface area contributed by atoms with Crippen molar-refractivity contribution in [2.24, 2.45) is 5.73 Å². The van der Waals surface area contributed by atoms with Gasteiger partial charge in [-0.15, -0.1) is 0 Å². The standard InChI is InChI=1S/C11H14N2O/c1-6-4-5-7(2)9-8(6)11(3,12)10(14)13-9/h4-5H,12H2,1-3H3,(H,13,14)/t11-/m0/s1. The van der Waals surface area contributed by atoms with E-state index in [0.717, 1.165) is 22.4 Å². The zero-order valence-corrected chi connectivity index (χ0v) is 8.64. The van der Waals surface area contributed by atoms with Crippen molar-refractivity contribution in [3.8, 4) is 0 Å². The van der Waals surface area contributed by atoms with Crippen molar-refractivity contribution in [2.45, 2.75) is 26.3 Å². The molecule has 1 heterocycles. The number of rotatable bonds is 0. The molecule has 1 aromatic rings. The average Bonchev–Trinajstić information content (AvgIpc) is 2.33. The average molecular weight is 190 g/mol. The predicted molar refractivity (Wildman–Crippen MR) is 56.1 cm³/mol. The number of nitrogens with two attached hydrogens (primary N) is 1. The first-order valence-electron chi connectivity index (χ1n) is 4.65. The summed E-state index contributed by atoms with van der Waals surface area (Å²) in [6.07, 6.45) is 0. The van der Waals surface area contributed by atoms with E-state index in [1.807, 2.05) is 26.0 Å². The first-order chi connectivity index (χ1) is 6.44. The van der Waals surface area contributed by atoms with Gasteiger partial charge in [0.2, 0.25) is 5.91 Å². The third-order valence-corrected chi connectivity index (χ3v) is 2.85. The van der Waals surface area contributed by atoms with E-state index in [1.165, 1.54) is 0 Å². The van der Waals surface area contributed by atoms with E-state index < -0.39 is 5.54 Å². The molecule has 2 rings (SSSR count). The van der Waals surface area contributed by atoms with E-state index in [9.17, 15) is 4.79 Å². The molecule has 1 atom stereocenters. The van der Waals surface area contributed by atoms with Crippen LogP contribution < -0.4 is 11.1 Å². The molecule has 1 aliphatic rings. The number of aryl methyl sites for hydroxylation is 2. The lowest BCUT2D eigenvalue weighted by Crippen LogP contribution is -2.40. The number of carbonyl (C=O) groups is 1. The van der Waals surface area contributed by atoms with E-state index in [4.69, 9.17) is 5.73 Å². The van der Waals surface area contributed by atoms with Gasteiger partial charge in [0.1, 0.15) is 5.54 Å². The minimum atomic E-state index is -0.883. The summed E-state index contributed by atoms with van der Waals surface area (Å²) in [5, 5.41) is 2.83. The first-order valence-corrected chi connectivity index (χ1v) is 4.65.